The van der Waals surface area contributed by atoms with Crippen molar-refractivity contribution in [3.05, 3.63) is 42.0 Å². The van der Waals surface area contributed by atoms with Crippen LogP contribution in [0.15, 0.2) is 35.8 Å². The lowest BCUT2D eigenvalue weighted by Crippen LogP contribution is -2.49. The van der Waals surface area contributed by atoms with Gasteiger partial charge in [-0.15, -0.1) is 30.6 Å². The number of halogens is 1. The third kappa shape index (κ3) is 7.92. The molecule has 1 aromatic carbocycles. The molecule has 0 spiro atoms. The molecule has 0 radical (unpaired) electrons. The summed E-state index contributed by atoms with van der Waals surface area (Å²) >= 11 is 0. The molecule has 0 bridgehead atoms. The molecular formula is C25H43IN6. The Labute approximate surface area is 212 Å². The SMILES string of the molecule is C=CCN1CCC(NC(=NCCN2CCN(c3cccc(C)c3C)CC2)NCC)CC1.I. The summed E-state index contributed by atoms with van der Waals surface area (Å²) < 4.78 is 0. The van der Waals surface area contributed by atoms with E-state index < -0.39 is 0 Å². The highest BCUT2D eigenvalue weighted by Gasteiger charge is 2.20. The van der Waals surface area contributed by atoms with Gasteiger partial charge in [-0.3, -0.25) is 14.8 Å². The molecule has 2 aliphatic rings. The van der Waals surface area contributed by atoms with Gasteiger partial charge in [0.15, 0.2) is 5.96 Å². The smallest absolute Gasteiger partial charge is 0.191 e. The first-order valence-corrected chi connectivity index (χ1v) is 12.0. The Kier molecular flexibility index (Phi) is 11.8. The van der Waals surface area contributed by atoms with Crippen LogP contribution in [0.4, 0.5) is 5.69 Å². The molecule has 0 atom stereocenters. The zero-order valence-electron chi connectivity index (χ0n) is 20.3. The molecule has 2 fully saturated rings. The van der Waals surface area contributed by atoms with E-state index in [1.165, 1.54) is 29.7 Å². The molecule has 32 heavy (non-hydrogen) atoms. The standard InChI is InChI=1S/C25H42N6.HI/c1-5-13-29-14-10-23(11-15-29)28-25(26-6-2)27-12-16-30-17-19-31(20-18-30)24-9-7-8-21(3)22(24)4;/h5,7-9,23H,1,6,10-20H2,2-4H3,(H2,26,27,28);1H. The average Bonchev–Trinajstić information content (AvgIpc) is 2.78. The molecule has 0 unspecified atom stereocenters. The topological polar surface area (TPSA) is 46.1 Å². The van der Waals surface area contributed by atoms with E-state index in [0.717, 1.165) is 71.4 Å². The molecule has 0 amide bonds. The molecule has 2 aliphatic heterocycles. The van der Waals surface area contributed by atoms with Crippen molar-refractivity contribution in [2.45, 2.75) is 39.7 Å². The van der Waals surface area contributed by atoms with Gasteiger partial charge in [0.25, 0.3) is 0 Å². The van der Waals surface area contributed by atoms with Gasteiger partial charge in [-0.2, -0.15) is 0 Å². The highest BCUT2D eigenvalue weighted by Crippen LogP contribution is 2.23. The van der Waals surface area contributed by atoms with E-state index in [2.05, 4.69) is 70.9 Å². The first kappa shape index (κ1) is 26.9. The van der Waals surface area contributed by atoms with Gasteiger partial charge >= 0.3 is 0 Å². The van der Waals surface area contributed by atoms with Crippen molar-refractivity contribution < 1.29 is 0 Å². The number of aryl methyl sites for hydroxylation is 1. The molecule has 0 saturated carbocycles. The summed E-state index contributed by atoms with van der Waals surface area (Å²) in [5, 5.41) is 7.08. The van der Waals surface area contributed by atoms with E-state index in [1.54, 1.807) is 0 Å². The number of benzene rings is 1. The Morgan fingerprint density at radius 2 is 1.81 bits per heavy atom. The van der Waals surface area contributed by atoms with Crippen LogP contribution in [-0.4, -0.2) is 87.2 Å². The molecule has 0 aromatic heterocycles. The van der Waals surface area contributed by atoms with Crippen molar-refractivity contribution in [1.82, 2.24) is 20.4 Å². The number of hydrogen-bond acceptors (Lipinski definition) is 4. The number of rotatable bonds is 8. The highest BCUT2D eigenvalue weighted by molar-refractivity contribution is 14.0. The lowest BCUT2D eigenvalue weighted by Gasteiger charge is -2.37. The van der Waals surface area contributed by atoms with Crippen molar-refractivity contribution in [2.24, 2.45) is 4.99 Å². The predicted molar refractivity (Wildman–Crippen MR) is 149 cm³/mol. The zero-order chi connectivity index (χ0) is 22.1. The number of anilines is 1. The fourth-order valence-electron chi connectivity index (χ4n) is 4.55. The number of nitrogens with one attached hydrogen (secondary N) is 2. The Bertz CT molecular complexity index is 721. The number of likely N-dealkylation sites (tertiary alicyclic amines) is 1. The number of guanidine groups is 1. The summed E-state index contributed by atoms with van der Waals surface area (Å²) in [5.41, 5.74) is 4.19. The molecule has 0 aliphatic carbocycles. The van der Waals surface area contributed by atoms with Crippen LogP contribution in [-0.2, 0) is 0 Å². The van der Waals surface area contributed by atoms with Crippen LogP contribution >= 0.6 is 24.0 Å². The van der Waals surface area contributed by atoms with Crippen molar-refractivity contribution in [3.8, 4) is 0 Å². The first-order chi connectivity index (χ1) is 15.1. The van der Waals surface area contributed by atoms with E-state index in [0.29, 0.717) is 6.04 Å². The van der Waals surface area contributed by atoms with E-state index in [4.69, 9.17) is 4.99 Å². The minimum Gasteiger partial charge on any atom is -0.369 e. The van der Waals surface area contributed by atoms with Crippen LogP contribution in [0.25, 0.3) is 0 Å². The molecule has 3 rings (SSSR count). The van der Waals surface area contributed by atoms with Crippen molar-refractivity contribution in [2.75, 3.05) is 70.3 Å². The number of aliphatic imine (C=N–C) groups is 1. The van der Waals surface area contributed by atoms with Gasteiger partial charge < -0.3 is 15.5 Å². The molecular weight excluding hydrogens is 511 g/mol. The Hall–Kier alpha value is -1.32. The van der Waals surface area contributed by atoms with Crippen molar-refractivity contribution in [3.63, 3.8) is 0 Å². The summed E-state index contributed by atoms with van der Waals surface area (Å²) in [6, 6.07) is 7.16. The average molecular weight is 555 g/mol. The number of piperazine rings is 1. The highest BCUT2D eigenvalue weighted by atomic mass is 127. The minimum atomic E-state index is 0. The van der Waals surface area contributed by atoms with Crippen molar-refractivity contribution >= 4 is 35.6 Å². The van der Waals surface area contributed by atoms with Gasteiger partial charge in [0, 0.05) is 70.6 Å². The second-order valence-electron chi connectivity index (χ2n) is 8.82. The van der Waals surface area contributed by atoms with E-state index in [9.17, 15) is 0 Å². The summed E-state index contributed by atoms with van der Waals surface area (Å²) in [4.78, 5) is 12.4. The molecule has 2 N–H and O–H groups in total. The second kappa shape index (κ2) is 14.1. The Morgan fingerprint density at radius 1 is 1.09 bits per heavy atom. The zero-order valence-corrected chi connectivity index (χ0v) is 22.6. The minimum absolute atomic E-state index is 0. The van der Waals surface area contributed by atoms with Crippen LogP contribution in [0.2, 0.25) is 0 Å². The van der Waals surface area contributed by atoms with Gasteiger partial charge in [0.05, 0.1) is 6.54 Å². The lowest BCUT2D eigenvalue weighted by atomic mass is 10.1. The first-order valence-electron chi connectivity index (χ1n) is 12.0. The van der Waals surface area contributed by atoms with Crippen molar-refractivity contribution in [1.29, 1.82) is 0 Å². The fourth-order valence-corrected chi connectivity index (χ4v) is 4.55. The van der Waals surface area contributed by atoms with Crippen LogP contribution in [0.1, 0.15) is 30.9 Å². The van der Waals surface area contributed by atoms with E-state index in [-0.39, 0.29) is 24.0 Å². The number of hydrogen-bond donors (Lipinski definition) is 2. The molecule has 2 saturated heterocycles. The monoisotopic (exact) mass is 554 g/mol. The largest absolute Gasteiger partial charge is 0.369 e. The molecule has 7 heteroatoms. The van der Waals surface area contributed by atoms with Crippen LogP contribution in [0.3, 0.4) is 0 Å². The third-order valence-corrected chi connectivity index (χ3v) is 6.64. The van der Waals surface area contributed by atoms with E-state index >= 15 is 0 Å². The van der Waals surface area contributed by atoms with Gasteiger partial charge in [0.2, 0.25) is 0 Å². The Morgan fingerprint density at radius 3 is 2.47 bits per heavy atom. The quantitative estimate of drug-likeness (QED) is 0.224. The molecule has 6 nitrogen and oxygen atoms in total. The van der Waals surface area contributed by atoms with Gasteiger partial charge in [0.1, 0.15) is 0 Å². The Balaban J connectivity index is 0.00000363. The number of nitrogens with zero attached hydrogens (tertiary/aromatic N) is 4. The fraction of sp³-hybridized carbons (Fsp3) is 0.640. The summed E-state index contributed by atoms with van der Waals surface area (Å²) in [5.74, 6) is 0.971. The summed E-state index contributed by atoms with van der Waals surface area (Å²) in [6.45, 7) is 20.9. The molecule has 2 heterocycles. The van der Waals surface area contributed by atoms with Crippen LogP contribution < -0.4 is 15.5 Å². The molecule has 180 valence electrons. The summed E-state index contributed by atoms with van der Waals surface area (Å²) in [7, 11) is 0. The normalized spacial score (nSPS) is 18.8. The van der Waals surface area contributed by atoms with E-state index in [1.807, 2.05) is 6.08 Å². The van der Waals surface area contributed by atoms with Gasteiger partial charge in [-0.25, -0.2) is 0 Å². The maximum absolute atomic E-state index is 4.87. The lowest BCUT2D eigenvalue weighted by molar-refractivity contribution is 0.225. The maximum Gasteiger partial charge on any atom is 0.191 e. The molecule has 1 aromatic rings. The van der Waals surface area contributed by atoms with Gasteiger partial charge in [-0.1, -0.05) is 18.2 Å². The van der Waals surface area contributed by atoms with Crippen LogP contribution in [0, 0.1) is 13.8 Å². The third-order valence-electron chi connectivity index (χ3n) is 6.64. The number of piperidine rings is 1. The van der Waals surface area contributed by atoms with Gasteiger partial charge in [-0.05, 0) is 50.8 Å². The maximum atomic E-state index is 4.87. The second-order valence-corrected chi connectivity index (χ2v) is 8.82. The predicted octanol–water partition coefficient (Wildman–Crippen LogP) is 3.25. The summed E-state index contributed by atoms with van der Waals surface area (Å²) in [6.07, 6.45) is 4.33. The van der Waals surface area contributed by atoms with Crippen LogP contribution in [0.5, 0.6) is 0 Å².